The smallest absolute Gasteiger partial charge is 0.347 e. The van der Waals surface area contributed by atoms with Crippen LogP contribution in [0.15, 0.2) is 57.9 Å². The largest absolute Gasteiger partial charge is 0.478 e. The number of carboxylic acids is 1. The Morgan fingerprint density at radius 2 is 1.85 bits per heavy atom. The van der Waals surface area contributed by atoms with Gasteiger partial charge in [0.15, 0.2) is 5.60 Å². The predicted octanol–water partition coefficient (Wildman–Crippen LogP) is 4.14. The monoisotopic (exact) mass is 354 g/mol. The van der Waals surface area contributed by atoms with Crippen molar-refractivity contribution >= 4 is 16.9 Å². The lowest BCUT2D eigenvalue weighted by Gasteiger charge is -2.21. The summed E-state index contributed by atoms with van der Waals surface area (Å²) < 4.78 is 16.6. The molecule has 134 valence electrons. The first-order valence-electron chi connectivity index (χ1n) is 7.99. The number of fused-ring (bicyclic) bond motifs is 1. The maximum atomic E-state index is 12.6. The molecular weight excluding hydrogens is 336 g/mol. The summed E-state index contributed by atoms with van der Waals surface area (Å²) in [4.78, 5) is 23.8. The lowest BCUT2D eigenvalue weighted by atomic mass is 10.1. The molecule has 0 bridgehead atoms. The van der Waals surface area contributed by atoms with Gasteiger partial charge < -0.3 is 19.0 Å². The molecule has 0 aliphatic heterocycles. The van der Waals surface area contributed by atoms with Crippen LogP contribution >= 0.6 is 0 Å². The number of aliphatic carboxylic acids is 1. The van der Waals surface area contributed by atoms with Crippen molar-refractivity contribution in [2.75, 3.05) is 0 Å². The van der Waals surface area contributed by atoms with Crippen molar-refractivity contribution in [3.63, 3.8) is 0 Å². The van der Waals surface area contributed by atoms with Gasteiger partial charge in [-0.25, -0.2) is 4.79 Å². The molecule has 2 aromatic carbocycles. The molecule has 26 heavy (non-hydrogen) atoms. The average Bonchev–Trinajstić information content (AvgIpc) is 2.59. The highest BCUT2D eigenvalue weighted by molar-refractivity contribution is 5.80. The number of carboxylic acid groups (broad SMARTS) is 1. The summed E-state index contributed by atoms with van der Waals surface area (Å²) in [5, 5.41) is 9.46. The summed E-state index contributed by atoms with van der Waals surface area (Å²) in [6, 6.07) is 11.9. The van der Waals surface area contributed by atoms with Crippen LogP contribution in [-0.2, 0) is 4.79 Å². The number of hydrogen-bond acceptors (Lipinski definition) is 5. The molecule has 0 saturated heterocycles. The van der Waals surface area contributed by atoms with Crippen molar-refractivity contribution in [2.45, 2.75) is 26.4 Å². The van der Waals surface area contributed by atoms with Gasteiger partial charge in [0.2, 0.25) is 11.2 Å². The minimum Gasteiger partial charge on any atom is -0.478 e. The summed E-state index contributed by atoms with van der Waals surface area (Å²) in [6.07, 6.45) is 1.24. The molecule has 0 amide bonds. The van der Waals surface area contributed by atoms with Crippen LogP contribution in [0.3, 0.4) is 0 Å². The van der Waals surface area contributed by atoms with Crippen molar-refractivity contribution in [1.82, 2.24) is 0 Å². The highest BCUT2D eigenvalue weighted by atomic mass is 16.5. The molecule has 6 heteroatoms. The fourth-order valence-corrected chi connectivity index (χ4v) is 2.35. The Morgan fingerprint density at radius 3 is 2.54 bits per heavy atom. The van der Waals surface area contributed by atoms with Gasteiger partial charge in [-0.05, 0) is 44.5 Å². The molecule has 1 N–H and O–H groups in total. The Bertz CT molecular complexity index is 1030. The molecule has 0 aliphatic carbocycles. The molecule has 0 spiro atoms. The Kier molecular flexibility index (Phi) is 4.42. The van der Waals surface area contributed by atoms with Crippen LogP contribution in [0.5, 0.6) is 17.2 Å². The van der Waals surface area contributed by atoms with Gasteiger partial charge in [0.25, 0.3) is 0 Å². The third-order valence-corrected chi connectivity index (χ3v) is 3.92. The van der Waals surface area contributed by atoms with Gasteiger partial charge in [0, 0.05) is 6.07 Å². The van der Waals surface area contributed by atoms with Gasteiger partial charge in [-0.3, -0.25) is 4.79 Å². The van der Waals surface area contributed by atoms with Gasteiger partial charge in [0.1, 0.15) is 23.3 Å². The van der Waals surface area contributed by atoms with E-state index in [0.29, 0.717) is 16.9 Å². The molecule has 0 saturated carbocycles. The Morgan fingerprint density at radius 1 is 1.12 bits per heavy atom. The van der Waals surface area contributed by atoms with E-state index in [1.54, 1.807) is 6.07 Å². The lowest BCUT2D eigenvalue weighted by Crippen LogP contribution is -2.37. The summed E-state index contributed by atoms with van der Waals surface area (Å²) in [5.74, 6) is -0.157. The third kappa shape index (κ3) is 3.39. The van der Waals surface area contributed by atoms with Crippen LogP contribution in [0.2, 0.25) is 0 Å². The molecule has 6 nitrogen and oxygen atoms in total. The van der Waals surface area contributed by atoms with E-state index in [1.165, 1.54) is 38.3 Å². The Balaban J connectivity index is 1.96. The first kappa shape index (κ1) is 17.5. The summed E-state index contributed by atoms with van der Waals surface area (Å²) in [7, 11) is 0. The fraction of sp³-hybridized carbons (Fsp3) is 0.200. The molecule has 3 aromatic rings. The van der Waals surface area contributed by atoms with Crippen LogP contribution in [0, 0.1) is 6.92 Å². The molecule has 0 radical (unpaired) electrons. The number of ether oxygens (including phenoxy) is 2. The maximum Gasteiger partial charge on any atom is 0.347 e. The second-order valence-electron chi connectivity index (χ2n) is 6.37. The van der Waals surface area contributed by atoms with Gasteiger partial charge in [-0.2, -0.15) is 0 Å². The standard InChI is InChI=1S/C20H18O6/c1-12-6-4-5-7-15(12)25-17-11-24-16-10-13(8-9-14(16)18(17)21)26-20(2,3)19(22)23/h4-11H,1-3H3,(H,22,23). The molecule has 0 unspecified atom stereocenters. The van der Waals surface area contributed by atoms with Gasteiger partial charge in [-0.1, -0.05) is 18.2 Å². The van der Waals surface area contributed by atoms with E-state index >= 15 is 0 Å². The van der Waals surface area contributed by atoms with E-state index in [2.05, 4.69) is 0 Å². The summed E-state index contributed by atoms with van der Waals surface area (Å²) in [6.45, 7) is 4.76. The number of carbonyl (C=O) groups is 1. The lowest BCUT2D eigenvalue weighted by molar-refractivity contribution is -0.152. The fourth-order valence-electron chi connectivity index (χ4n) is 2.35. The van der Waals surface area contributed by atoms with Crippen LogP contribution in [0.1, 0.15) is 19.4 Å². The number of rotatable bonds is 5. The van der Waals surface area contributed by atoms with E-state index < -0.39 is 11.6 Å². The van der Waals surface area contributed by atoms with Gasteiger partial charge in [-0.15, -0.1) is 0 Å². The van der Waals surface area contributed by atoms with Crippen molar-refractivity contribution in [2.24, 2.45) is 0 Å². The van der Waals surface area contributed by atoms with Crippen molar-refractivity contribution in [3.8, 4) is 17.2 Å². The van der Waals surface area contributed by atoms with E-state index in [9.17, 15) is 9.59 Å². The molecule has 1 heterocycles. The van der Waals surface area contributed by atoms with Crippen LogP contribution in [0.4, 0.5) is 0 Å². The summed E-state index contributed by atoms with van der Waals surface area (Å²) >= 11 is 0. The van der Waals surface area contributed by atoms with E-state index in [-0.39, 0.29) is 16.8 Å². The molecule has 3 rings (SSSR count). The van der Waals surface area contributed by atoms with E-state index in [0.717, 1.165) is 5.56 Å². The minimum absolute atomic E-state index is 0.0753. The zero-order valence-corrected chi connectivity index (χ0v) is 14.6. The van der Waals surface area contributed by atoms with Gasteiger partial charge >= 0.3 is 5.97 Å². The van der Waals surface area contributed by atoms with Crippen LogP contribution in [-0.4, -0.2) is 16.7 Å². The second-order valence-corrected chi connectivity index (χ2v) is 6.37. The molecule has 0 atom stereocenters. The Labute approximate surface area is 149 Å². The number of hydrogen-bond donors (Lipinski definition) is 1. The predicted molar refractivity (Wildman–Crippen MR) is 96.1 cm³/mol. The quantitative estimate of drug-likeness (QED) is 0.741. The van der Waals surface area contributed by atoms with Crippen LogP contribution in [0.25, 0.3) is 11.0 Å². The third-order valence-electron chi connectivity index (χ3n) is 3.92. The first-order chi connectivity index (χ1) is 12.3. The SMILES string of the molecule is Cc1ccccc1Oc1coc2cc(OC(C)(C)C(=O)O)ccc2c1=O. The van der Waals surface area contributed by atoms with Crippen molar-refractivity contribution in [3.05, 3.63) is 64.5 Å². The van der Waals surface area contributed by atoms with E-state index in [4.69, 9.17) is 19.0 Å². The summed E-state index contributed by atoms with van der Waals surface area (Å²) in [5.41, 5.74) is -0.544. The maximum absolute atomic E-state index is 12.6. The van der Waals surface area contributed by atoms with Crippen molar-refractivity contribution < 1.29 is 23.8 Å². The molecule has 0 fully saturated rings. The highest BCUT2D eigenvalue weighted by Crippen LogP contribution is 2.27. The molecule has 1 aromatic heterocycles. The number of para-hydroxylation sites is 1. The van der Waals surface area contributed by atoms with E-state index in [1.807, 2.05) is 25.1 Å². The second kappa shape index (κ2) is 6.55. The van der Waals surface area contributed by atoms with Gasteiger partial charge in [0.05, 0.1) is 5.39 Å². The molecular formula is C20H18O6. The normalized spacial score (nSPS) is 11.3. The number of benzene rings is 2. The first-order valence-corrected chi connectivity index (χ1v) is 7.99. The zero-order chi connectivity index (χ0) is 18.9. The number of aryl methyl sites for hydroxylation is 1. The molecule has 0 aliphatic rings. The minimum atomic E-state index is -1.40. The zero-order valence-electron chi connectivity index (χ0n) is 14.6. The average molecular weight is 354 g/mol. The van der Waals surface area contributed by atoms with Crippen molar-refractivity contribution in [1.29, 1.82) is 0 Å². The topological polar surface area (TPSA) is 86.0 Å². The van der Waals surface area contributed by atoms with Crippen LogP contribution < -0.4 is 14.9 Å². The Hall–Kier alpha value is -3.28. The highest BCUT2D eigenvalue weighted by Gasteiger charge is 2.29.